The first-order valence-corrected chi connectivity index (χ1v) is 6.32. The Morgan fingerprint density at radius 3 is 2.75 bits per heavy atom. The van der Waals surface area contributed by atoms with Gasteiger partial charge in [0.25, 0.3) is 0 Å². The number of nitrogens with one attached hydrogen (secondary N) is 1. The third-order valence-corrected chi connectivity index (χ3v) is 3.30. The number of aromatic amines is 1. The molecule has 1 aromatic carbocycles. The fourth-order valence-electron chi connectivity index (χ4n) is 2.33. The van der Waals surface area contributed by atoms with Crippen LogP contribution in [0, 0.1) is 6.92 Å². The predicted molar refractivity (Wildman–Crippen MR) is 79.1 cm³/mol. The molecule has 4 heteroatoms. The molecule has 0 bridgehead atoms. The van der Waals surface area contributed by atoms with E-state index in [1.54, 1.807) is 19.4 Å². The second-order valence-corrected chi connectivity index (χ2v) is 4.63. The normalized spacial score (nSPS) is 10.7. The van der Waals surface area contributed by atoms with Crippen molar-refractivity contribution in [1.29, 1.82) is 0 Å². The summed E-state index contributed by atoms with van der Waals surface area (Å²) in [6.45, 7) is 1.92. The van der Waals surface area contributed by atoms with Crippen molar-refractivity contribution in [3.63, 3.8) is 0 Å². The number of aryl methyl sites for hydroxylation is 1. The second kappa shape index (κ2) is 4.81. The van der Waals surface area contributed by atoms with Crippen LogP contribution in [0.25, 0.3) is 22.2 Å². The maximum Gasteiger partial charge on any atom is 0.248 e. The molecule has 0 spiro atoms. The number of methoxy groups -OCH3 is 1. The van der Waals surface area contributed by atoms with E-state index >= 15 is 0 Å². The van der Waals surface area contributed by atoms with Crippen LogP contribution in [0.2, 0.25) is 0 Å². The van der Waals surface area contributed by atoms with Crippen LogP contribution in [0.1, 0.15) is 5.56 Å². The molecule has 2 aromatic heterocycles. The van der Waals surface area contributed by atoms with Crippen LogP contribution in [-0.4, -0.2) is 17.1 Å². The van der Waals surface area contributed by atoms with Crippen LogP contribution >= 0.6 is 0 Å². The van der Waals surface area contributed by atoms with E-state index < -0.39 is 0 Å². The molecule has 20 heavy (non-hydrogen) atoms. The lowest BCUT2D eigenvalue weighted by atomic mass is 10.0. The summed E-state index contributed by atoms with van der Waals surface area (Å²) in [5, 5.41) is 0.963. The number of rotatable bonds is 2. The minimum absolute atomic E-state index is 0.126. The van der Waals surface area contributed by atoms with Crippen molar-refractivity contribution in [3.8, 4) is 17.0 Å². The van der Waals surface area contributed by atoms with E-state index in [0.717, 1.165) is 27.7 Å². The molecule has 2 heterocycles. The van der Waals surface area contributed by atoms with Crippen LogP contribution in [-0.2, 0) is 0 Å². The van der Waals surface area contributed by atoms with Gasteiger partial charge in [0, 0.05) is 23.2 Å². The van der Waals surface area contributed by atoms with Gasteiger partial charge in [-0.3, -0.25) is 9.78 Å². The summed E-state index contributed by atoms with van der Waals surface area (Å²) >= 11 is 0. The summed E-state index contributed by atoms with van der Waals surface area (Å²) in [7, 11) is 1.59. The first-order valence-electron chi connectivity index (χ1n) is 6.32. The van der Waals surface area contributed by atoms with Crippen molar-refractivity contribution >= 4 is 10.9 Å². The number of hydrogen-bond donors (Lipinski definition) is 1. The number of hydrogen-bond acceptors (Lipinski definition) is 3. The molecule has 0 saturated heterocycles. The van der Waals surface area contributed by atoms with Gasteiger partial charge in [-0.15, -0.1) is 0 Å². The molecule has 0 unspecified atom stereocenters. The molecular weight excluding hydrogens is 252 g/mol. The van der Waals surface area contributed by atoms with Gasteiger partial charge in [0.1, 0.15) is 5.75 Å². The maximum absolute atomic E-state index is 11.6. The molecule has 0 amide bonds. The minimum atomic E-state index is -0.126. The Kier molecular flexibility index (Phi) is 2.99. The Balaban J connectivity index is 2.35. The van der Waals surface area contributed by atoms with Crippen molar-refractivity contribution < 1.29 is 4.74 Å². The van der Waals surface area contributed by atoms with E-state index in [1.807, 2.05) is 37.3 Å². The Labute approximate surface area is 116 Å². The van der Waals surface area contributed by atoms with E-state index in [-0.39, 0.29) is 5.56 Å². The Morgan fingerprint density at radius 2 is 2.05 bits per heavy atom. The fourth-order valence-corrected chi connectivity index (χ4v) is 2.33. The lowest BCUT2D eigenvalue weighted by molar-refractivity contribution is 0.419. The average molecular weight is 266 g/mol. The Bertz CT molecular complexity index is 823. The Hall–Kier alpha value is -2.62. The standard InChI is InChI=1S/C16H14N2O2/c1-10-7-15(19)18-16-12(10)8-11(9-14(16)20-2)13-5-3-4-6-17-13/h3-9H,1-2H3,(H,18,19). The molecule has 0 saturated carbocycles. The highest BCUT2D eigenvalue weighted by atomic mass is 16.5. The number of benzene rings is 1. The van der Waals surface area contributed by atoms with Crippen LogP contribution in [0.4, 0.5) is 0 Å². The lowest BCUT2D eigenvalue weighted by Gasteiger charge is -2.10. The quantitative estimate of drug-likeness (QED) is 0.776. The zero-order chi connectivity index (χ0) is 14.1. The second-order valence-electron chi connectivity index (χ2n) is 4.63. The molecule has 0 aliphatic carbocycles. The Morgan fingerprint density at radius 1 is 1.20 bits per heavy atom. The van der Waals surface area contributed by atoms with Gasteiger partial charge in [0.15, 0.2) is 0 Å². The summed E-state index contributed by atoms with van der Waals surface area (Å²) in [6, 6.07) is 11.3. The smallest absolute Gasteiger partial charge is 0.248 e. The van der Waals surface area contributed by atoms with E-state index in [9.17, 15) is 4.79 Å². The zero-order valence-electron chi connectivity index (χ0n) is 11.3. The summed E-state index contributed by atoms with van der Waals surface area (Å²) < 4.78 is 5.40. The van der Waals surface area contributed by atoms with Gasteiger partial charge in [-0.25, -0.2) is 0 Å². The van der Waals surface area contributed by atoms with Gasteiger partial charge in [0.2, 0.25) is 5.56 Å². The van der Waals surface area contributed by atoms with Crippen LogP contribution in [0.15, 0.2) is 47.4 Å². The number of fused-ring (bicyclic) bond motifs is 1. The molecule has 0 radical (unpaired) electrons. The third kappa shape index (κ3) is 2.05. The first-order chi connectivity index (χ1) is 9.69. The molecule has 0 fully saturated rings. The van der Waals surface area contributed by atoms with Crippen molar-refractivity contribution in [3.05, 3.63) is 58.5 Å². The number of H-pyrrole nitrogens is 1. The molecular formula is C16H14N2O2. The molecule has 0 aliphatic rings. The highest BCUT2D eigenvalue weighted by Crippen LogP contribution is 2.31. The molecule has 1 N–H and O–H groups in total. The first kappa shape index (κ1) is 12.4. The molecule has 0 aliphatic heterocycles. The number of aromatic nitrogens is 2. The summed E-state index contributed by atoms with van der Waals surface area (Å²) in [6.07, 6.45) is 1.76. The van der Waals surface area contributed by atoms with E-state index in [2.05, 4.69) is 9.97 Å². The molecule has 0 atom stereocenters. The highest BCUT2D eigenvalue weighted by Gasteiger charge is 2.10. The van der Waals surface area contributed by atoms with Gasteiger partial charge >= 0.3 is 0 Å². The van der Waals surface area contributed by atoms with Crippen LogP contribution in [0.5, 0.6) is 5.75 Å². The summed E-state index contributed by atoms with van der Waals surface area (Å²) in [4.78, 5) is 18.8. The maximum atomic E-state index is 11.6. The molecule has 100 valence electrons. The SMILES string of the molecule is COc1cc(-c2ccccn2)cc2c(C)cc(=O)[nH]c12. The van der Waals surface area contributed by atoms with Gasteiger partial charge in [0.05, 0.1) is 18.3 Å². The van der Waals surface area contributed by atoms with Gasteiger partial charge in [-0.05, 0) is 36.8 Å². The van der Waals surface area contributed by atoms with Gasteiger partial charge in [-0.1, -0.05) is 6.07 Å². The average Bonchev–Trinajstić information content (AvgIpc) is 2.47. The van der Waals surface area contributed by atoms with E-state index in [4.69, 9.17) is 4.74 Å². The van der Waals surface area contributed by atoms with Crippen molar-refractivity contribution in [2.45, 2.75) is 6.92 Å². The monoisotopic (exact) mass is 266 g/mol. The molecule has 3 aromatic rings. The van der Waals surface area contributed by atoms with Crippen LogP contribution < -0.4 is 10.3 Å². The molecule has 4 nitrogen and oxygen atoms in total. The fraction of sp³-hybridized carbons (Fsp3) is 0.125. The number of ether oxygens (including phenoxy) is 1. The zero-order valence-corrected chi connectivity index (χ0v) is 11.3. The summed E-state index contributed by atoms with van der Waals surface area (Å²) in [5.74, 6) is 0.643. The van der Waals surface area contributed by atoms with E-state index in [0.29, 0.717) is 5.75 Å². The molecule has 3 rings (SSSR count). The van der Waals surface area contributed by atoms with Crippen molar-refractivity contribution in [2.24, 2.45) is 0 Å². The van der Waals surface area contributed by atoms with Gasteiger partial charge < -0.3 is 9.72 Å². The van der Waals surface area contributed by atoms with Crippen LogP contribution in [0.3, 0.4) is 0 Å². The number of nitrogens with zero attached hydrogens (tertiary/aromatic N) is 1. The van der Waals surface area contributed by atoms with Gasteiger partial charge in [-0.2, -0.15) is 0 Å². The van der Waals surface area contributed by atoms with E-state index in [1.165, 1.54) is 0 Å². The predicted octanol–water partition coefficient (Wildman–Crippen LogP) is 2.91. The summed E-state index contributed by atoms with van der Waals surface area (Å²) in [5.41, 5.74) is 3.35. The lowest BCUT2D eigenvalue weighted by Crippen LogP contribution is -2.06. The highest BCUT2D eigenvalue weighted by molar-refractivity contribution is 5.91. The third-order valence-electron chi connectivity index (χ3n) is 3.30. The largest absolute Gasteiger partial charge is 0.495 e. The number of pyridine rings is 2. The topological polar surface area (TPSA) is 55.0 Å². The minimum Gasteiger partial charge on any atom is -0.495 e. The van der Waals surface area contributed by atoms with Crippen molar-refractivity contribution in [2.75, 3.05) is 7.11 Å². The van der Waals surface area contributed by atoms with Crippen molar-refractivity contribution in [1.82, 2.24) is 9.97 Å².